The fraction of sp³-hybridized carbons (Fsp3) is 0.294. The van der Waals surface area contributed by atoms with Crippen molar-refractivity contribution in [3.63, 3.8) is 0 Å². The smallest absolute Gasteiger partial charge is 0.357 e. The molecule has 0 spiro atoms. The topological polar surface area (TPSA) is 107 Å². The molecule has 1 aromatic carbocycles. The number of aromatic nitrogens is 4. The van der Waals surface area contributed by atoms with Gasteiger partial charge in [-0.15, -0.1) is 5.10 Å². The first kappa shape index (κ1) is 17.5. The van der Waals surface area contributed by atoms with Crippen LogP contribution in [0.15, 0.2) is 30.3 Å². The summed E-state index contributed by atoms with van der Waals surface area (Å²) in [5.41, 5.74) is 0.814. The molecule has 26 heavy (non-hydrogen) atoms. The molecule has 2 aromatic rings. The lowest BCUT2D eigenvalue weighted by molar-refractivity contribution is -0.151. The predicted octanol–water partition coefficient (Wildman–Crippen LogP) is 0.672. The van der Waals surface area contributed by atoms with Crippen LogP contribution >= 0.6 is 0 Å². The van der Waals surface area contributed by atoms with E-state index in [0.29, 0.717) is 25.2 Å². The van der Waals surface area contributed by atoms with Crippen molar-refractivity contribution in [3.8, 4) is 0 Å². The Kier molecular flexibility index (Phi) is 5.16. The van der Waals surface area contributed by atoms with Crippen LogP contribution in [0, 0.1) is 6.92 Å². The van der Waals surface area contributed by atoms with Crippen molar-refractivity contribution < 1.29 is 19.1 Å². The third-order valence-corrected chi connectivity index (χ3v) is 3.87. The van der Waals surface area contributed by atoms with Crippen LogP contribution in [-0.4, -0.2) is 56.0 Å². The van der Waals surface area contributed by atoms with E-state index in [0.717, 1.165) is 10.5 Å². The van der Waals surface area contributed by atoms with Gasteiger partial charge in [0.05, 0.1) is 0 Å². The van der Waals surface area contributed by atoms with Crippen LogP contribution in [0.1, 0.15) is 24.2 Å². The SMILES string of the molecule is Cc1nnnn1/C(=C/c1ccccc1)C(=O)OCC(=O)N1CCCC1=O. The summed E-state index contributed by atoms with van der Waals surface area (Å²) in [6.45, 7) is 1.48. The number of imide groups is 1. The van der Waals surface area contributed by atoms with Gasteiger partial charge >= 0.3 is 5.97 Å². The minimum Gasteiger partial charge on any atom is -0.451 e. The quantitative estimate of drug-likeness (QED) is 0.573. The van der Waals surface area contributed by atoms with E-state index in [1.807, 2.05) is 18.2 Å². The lowest BCUT2D eigenvalue weighted by Gasteiger charge is -2.14. The first-order chi connectivity index (χ1) is 12.6. The van der Waals surface area contributed by atoms with Gasteiger partial charge in [-0.1, -0.05) is 30.3 Å². The molecule has 0 radical (unpaired) electrons. The second-order valence-corrected chi connectivity index (χ2v) is 5.70. The summed E-state index contributed by atoms with van der Waals surface area (Å²) >= 11 is 0. The number of nitrogens with zero attached hydrogens (tertiary/aromatic N) is 5. The Balaban J connectivity index is 1.77. The van der Waals surface area contributed by atoms with Crippen LogP contribution in [-0.2, 0) is 19.1 Å². The Morgan fingerprint density at radius 3 is 2.65 bits per heavy atom. The summed E-state index contributed by atoms with van der Waals surface area (Å²) in [5.74, 6) is -1.15. The van der Waals surface area contributed by atoms with Crippen LogP contribution < -0.4 is 0 Å². The molecule has 1 aliphatic rings. The third-order valence-electron chi connectivity index (χ3n) is 3.87. The molecule has 1 aromatic heterocycles. The van der Waals surface area contributed by atoms with E-state index < -0.39 is 18.5 Å². The van der Waals surface area contributed by atoms with Gasteiger partial charge in [-0.05, 0) is 35.4 Å². The number of ether oxygens (including phenoxy) is 1. The molecular weight excluding hydrogens is 338 g/mol. The average Bonchev–Trinajstić information content (AvgIpc) is 3.26. The molecule has 3 rings (SSSR count). The highest BCUT2D eigenvalue weighted by Gasteiger charge is 2.28. The number of hydrogen-bond donors (Lipinski definition) is 0. The Morgan fingerprint density at radius 2 is 2.04 bits per heavy atom. The van der Waals surface area contributed by atoms with E-state index in [1.165, 1.54) is 4.68 Å². The average molecular weight is 355 g/mol. The number of hydrogen-bond acceptors (Lipinski definition) is 7. The second-order valence-electron chi connectivity index (χ2n) is 5.70. The van der Waals surface area contributed by atoms with Crippen LogP contribution in [0.4, 0.5) is 0 Å². The van der Waals surface area contributed by atoms with E-state index >= 15 is 0 Å². The maximum absolute atomic E-state index is 12.5. The summed E-state index contributed by atoms with van der Waals surface area (Å²) < 4.78 is 6.35. The lowest BCUT2D eigenvalue weighted by atomic mass is 10.2. The Hall–Kier alpha value is -3.36. The second kappa shape index (κ2) is 7.68. The molecule has 2 amide bonds. The highest BCUT2D eigenvalue weighted by molar-refractivity contribution is 6.15. The van der Waals surface area contributed by atoms with E-state index in [4.69, 9.17) is 4.74 Å². The summed E-state index contributed by atoms with van der Waals surface area (Å²) in [4.78, 5) is 37.3. The Bertz CT molecular complexity index is 859. The van der Waals surface area contributed by atoms with E-state index in [-0.39, 0.29) is 11.6 Å². The number of rotatable bonds is 5. The summed E-state index contributed by atoms with van der Waals surface area (Å²) in [6, 6.07) is 9.11. The molecule has 1 saturated heterocycles. The molecule has 134 valence electrons. The summed E-state index contributed by atoms with van der Waals surface area (Å²) in [5, 5.41) is 11.1. The van der Waals surface area contributed by atoms with Gasteiger partial charge in [-0.25, -0.2) is 4.79 Å². The van der Waals surface area contributed by atoms with Crippen LogP contribution in [0.5, 0.6) is 0 Å². The lowest BCUT2D eigenvalue weighted by Crippen LogP contribution is -2.35. The van der Waals surface area contributed by atoms with Crippen molar-refractivity contribution in [3.05, 3.63) is 41.7 Å². The zero-order valence-electron chi connectivity index (χ0n) is 14.2. The van der Waals surface area contributed by atoms with E-state index in [9.17, 15) is 14.4 Å². The van der Waals surface area contributed by atoms with Gasteiger partial charge in [0.25, 0.3) is 5.91 Å². The van der Waals surface area contributed by atoms with Gasteiger partial charge in [-0.3, -0.25) is 14.5 Å². The molecule has 1 fully saturated rings. The minimum atomic E-state index is -0.760. The molecule has 1 aliphatic heterocycles. The number of aryl methyl sites for hydroxylation is 1. The van der Waals surface area contributed by atoms with Crippen LogP contribution in [0.25, 0.3) is 11.8 Å². The van der Waals surface area contributed by atoms with Crippen LogP contribution in [0.3, 0.4) is 0 Å². The molecule has 0 unspecified atom stereocenters. The fourth-order valence-corrected chi connectivity index (χ4v) is 2.56. The van der Waals surface area contributed by atoms with Gasteiger partial charge in [0.2, 0.25) is 5.91 Å². The van der Waals surface area contributed by atoms with Crippen molar-refractivity contribution in [1.29, 1.82) is 0 Å². The largest absolute Gasteiger partial charge is 0.451 e. The number of carbonyl (C=O) groups excluding carboxylic acids is 3. The standard InChI is InChI=1S/C17H17N5O4/c1-12-18-19-20-22(12)14(10-13-6-3-2-4-7-13)17(25)26-11-16(24)21-9-5-8-15(21)23/h2-4,6-7,10H,5,8-9,11H2,1H3/b14-10+. The molecule has 9 nitrogen and oxygen atoms in total. The van der Waals surface area contributed by atoms with Crippen molar-refractivity contribution >= 4 is 29.6 Å². The molecule has 0 saturated carbocycles. The monoisotopic (exact) mass is 355 g/mol. The Labute approximate surface area is 149 Å². The van der Waals surface area contributed by atoms with E-state index in [1.54, 1.807) is 25.1 Å². The summed E-state index contributed by atoms with van der Waals surface area (Å²) in [6.07, 6.45) is 2.53. The van der Waals surface area contributed by atoms with E-state index in [2.05, 4.69) is 15.5 Å². The van der Waals surface area contributed by atoms with Gasteiger partial charge < -0.3 is 4.74 Å². The molecule has 2 heterocycles. The fourth-order valence-electron chi connectivity index (χ4n) is 2.56. The maximum atomic E-state index is 12.5. The maximum Gasteiger partial charge on any atom is 0.357 e. The van der Waals surface area contributed by atoms with Crippen molar-refractivity contribution in [2.75, 3.05) is 13.2 Å². The Morgan fingerprint density at radius 1 is 1.27 bits per heavy atom. The van der Waals surface area contributed by atoms with Gasteiger partial charge in [0.1, 0.15) is 0 Å². The molecule has 0 atom stereocenters. The van der Waals surface area contributed by atoms with Gasteiger partial charge in [0.15, 0.2) is 18.1 Å². The molecular formula is C17H17N5O4. The number of carbonyl (C=O) groups is 3. The first-order valence-electron chi connectivity index (χ1n) is 8.08. The molecule has 0 aliphatic carbocycles. The zero-order chi connectivity index (χ0) is 18.5. The van der Waals surface area contributed by atoms with Crippen molar-refractivity contribution in [1.82, 2.24) is 25.1 Å². The minimum absolute atomic E-state index is 0.0687. The number of esters is 1. The van der Waals surface area contributed by atoms with Gasteiger partial charge in [-0.2, -0.15) is 4.68 Å². The highest BCUT2D eigenvalue weighted by atomic mass is 16.5. The number of likely N-dealkylation sites (tertiary alicyclic amines) is 1. The third kappa shape index (κ3) is 3.82. The van der Waals surface area contributed by atoms with Crippen molar-refractivity contribution in [2.45, 2.75) is 19.8 Å². The van der Waals surface area contributed by atoms with Gasteiger partial charge in [0, 0.05) is 13.0 Å². The van der Waals surface area contributed by atoms with Crippen molar-refractivity contribution in [2.24, 2.45) is 0 Å². The zero-order valence-corrected chi connectivity index (χ0v) is 14.2. The summed E-state index contributed by atoms with van der Waals surface area (Å²) in [7, 11) is 0. The van der Waals surface area contributed by atoms with Crippen LogP contribution in [0.2, 0.25) is 0 Å². The number of benzene rings is 1. The number of amides is 2. The molecule has 9 heteroatoms. The normalized spacial score (nSPS) is 14.6. The molecule has 0 bridgehead atoms. The first-order valence-corrected chi connectivity index (χ1v) is 8.08. The predicted molar refractivity (Wildman–Crippen MR) is 90.1 cm³/mol. The molecule has 0 N–H and O–H groups in total. The highest BCUT2D eigenvalue weighted by Crippen LogP contribution is 2.14. The number of tetrazole rings is 1.